The average molecular weight is 361 g/mol. The molecule has 0 atom stereocenters. The summed E-state index contributed by atoms with van der Waals surface area (Å²) in [6.07, 6.45) is 3.13. The van der Waals surface area contributed by atoms with Gasteiger partial charge in [-0.3, -0.25) is 14.6 Å². The summed E-state index contributed by atoms with van der Waals surface area (Å²) >= 11 is 0. The first-order valence-corrected chi connectivity index (χ1v) is 8.33. The molecule has 2 aromatic carbocycles. The van der Waals surface area contributed by atoms with E-state index < -0.39 is 0 Å². The third-order valence-corrected chi connectivity index (χ3v) is 3.93. The van der Waals surface area contributed by atoms with Gasteiger partial charge in [-0.05, 0) is 61.5 Å². The normalized spacial score (nSPS) is 10.1. The van der Waals surface area contributed by atoms with E-state index in [0.717, 1.165) is 11.4 Å². The fourth-order valence-electron chi connectivity index (χ4n) is 2.47. The van der Waals surface area contributed by atoms with Crippen molar-refractivity contribution in [3.8, 4) is 5.75 Å². The van der Waals surface area contributed by atoms with Gasteiger partial charge in [0, 0.05) is 23.1 Å². The fraction of sp³-hybridized carbons (Fsp3) is 0.0952. The smallest absolute Gasteiger partial charge is 0.257 e. The molecule has 0 aliphatic rings. The van der Waals surface area contributed by atoms with Gasteiger partial charge in [-0.25, -0.2) is 0 Å². The zero-order chi connectivity index (χ0) is 19.2. The van der Waals surface area contributed by atoms with Crippen LogP contribution in [0, 0.1) is 0 Å². The van der Waals surface area contributed by atoms with Crippen LogP contribution >= 0.6 is 0 Å². The third-order valence-electron chi connectivity index (χ3n) is 3.93. The Hall–Kier alpha value is -3.67. The summed E-state index contributed by atoms with van der Waals surface area (Å²) in [4.78, 5) is 27.9. The molecule has 1 heterocycles. The van der Waals surface area contributed by atoms with E-state index >= 15 is 0 Å². The van der Waals surface area contributed by atoms with Crippen LogP contribution in [0.4, 0.5) is 17.1 Å². The van der Waals surface area contributed by atoms with Crippen LogP contribution in [-0.2, 0) is 0 Å². The lowest BCUT2D eigenvalue weighted by atomic mass is 10.1. The number of methoxy groups -OCH3 is 1. The quantitative estimate of drug-likeness (QED) is 0.640. The molecule has 0 aliphatic carbocycles. The van der Waals surface area contributed by atoms with Crippen LogP contribution < -0.4 is 15.4 Å². The summed E-state index contributed by atoms with van der Waals surface area (Å²) in [5, 5.41) is 5.99. The third kappa shape index (κ3) is 4.70. The Morgan fingerprint density at radius 2 is 1.52 bits per heavy atom. The minimum absolute atomic E-state index is 0.0143. The summed E-state index contributed by atoms with van der Waals surface area (Å²) in [5.41, 5.74) is 3.21. The summed E-state index contributed by atoms with van der Waals surface area (Å²) in [5.74, 6) is 0.473. The fourth-order valence-corrected chi connectivity index (χ4v) is 2.47. The average Bonchev–Trinajstić information content (AvgIpc) is 2.69. The lowest BCUT2D eigenvalue weighted by Gasteiger charge is -2.09. The molecule has 0 bridgehead atoms. The number of pyridine rings is 1. The van der Waals surface area contributed by atoms with Gasteiger partial charge in [-0.2, -0.15) is 0 Å². The van der Waals surface area contributed by atoms with Crippen LogP contribution in [0.1, 0.15) is 27.6 Å². The first-order chi connectivity index (χ1) is 13.0. The maximum atomic E-state index is 12.4. The minimum atomic E-state index is -0.261. The lowest BCUT2D eigenvalue weighted by Crippen LogP contribution is -2.12. The predicted molar refractivity (Wildman–Crippen MR) is 105 cm³/mol. The van der Waals surface area contributed by atoms with Crippen molar-refractivity contribution in [1.29, 1.82) is 0 Å². The monoisotopic (exact) mass is 361 g/mol. The van der Waals surface area contributed by atoms with Crippen LogP contribution in [0.15, 0.2) is 67.0 Å². The molecular formula is C21H19N3O3. The van der Waals surface area contributed by atoms with Crippen molar-refractivity contribution < 1.29 is 14.3 Å². The second-order valence-corrected chi connectivity index (χ2v) is 5.90. The Morgan fingerprint density at radius 3 is 2.15 bits per heavy atom. The van der Waals surface area contributed by atoms with Crippen molar-refractivity contribution >= 4 is 28.8 Å². The van der Waals surface area contributed by atoms with E-state index in [9.17, 15) is 9.59 Å². The van der Waals surface area contributed by atoms with Gasteiger partial charge in [-0.15, -0.1) is 0 Å². The molecule has 0 fully saturated rings. The first-order valence-electron chi connectivity index (χ1n) is 8.33. The molecule has 0 aliphatic heterocycles. The molecule has 0 saturated heterocycles. The molecule has 2 N–H and O–H groups in total. The number of carbonyl (C=O) groups excluding carboxylic acids is 2. The van der Waals surface area contributed by atoms with Gasteiger partial charge >= 0.3 is 0 Å². The summed E-state index contributed by atoms with van der Waals surface area (Å²) in [7, 11) is 1.59. The Balaban J connectivity index is 1.70. The van der Waals surface area contributed by atoms with Gasteiger partial charge < -0.3 is 15.4 Å². The van der Waals surface area contributed by atoms with E-state index in [0.29, 0.717) is 22.5 Å². The first kappa shape index (κ1) is 18.1. The van der Waals surface area contributed by atoms with Gasteiger partial charge in [0.2, 0.25) is 0 Å². The largest absolute Gasteiger partial charge is 0.497 e. The molecule has 0 saturated carbocycles. The zero-order valence-electron chi connectivity index (χ0n) is 15.0. The molecule has 1 amide bonds. The van der Waals surface area contributed by atoms with Crippen molar-refractivity contribution in [2.45, 2.75) is 6.92 Å². The maximum Gasteiger partial charge on any atom is 0.257 e. The number of nitrogens with zero attached hydrogens (tertiary/aromatic N) is 1. The number of hydrogen-bond acceptors (Lipinski definition) is 5. The van der Waals surface area contributed by atoms with Crippen LogP contribution in [-0.4, -0.2) is 23.8 Å². The molecule has 6 nitrogen and oxygen atoms in total. The molecule has 136 valence electrons. The van der Waals surface area contributed by atoms with Gasteiger partial charge in [-0.1, -0.05) is 0 Å². The maximum absolute atomic E-state index is 12.4. The molecule has 1 aromatic heterocycles. The van der Waals surface area contributed by atoms with Crippen molar-refractivity contribution in [3.05, 3.63) is 78.1 Å². The van der Waals surface area contributed by atoms with Gasteiger partial charge in [0.1, 0.15) is 5.75 Å². The Kier molecular flexibility index (Phi) is 5.47. The summed E-state index contributed by atoms with van der Waals surface area (Å²) in [6.45, 7) is 1.53. The lowest BCUT2D eigenvalue weighted by molar-refractivity contribution is 0.101. The zero-order valence-corrected chi connectivity index (χ0v) is 15.0. The number of benzene rings is 2. The van der Waals surface area contributed by atoms with Crippen molar-refractivity contribution in [2.24, 2.45) is 0 Å². The number of ether oxygens (including phenoxy) is 1. The summed E-state index contributed by atoms with van der Waals surface area (Å²) in [6, 6.07) is 15.9. The van der Waals surface area contributed by atoms with E-state index in [-0.39, 0.29) is 11.7 Å². The number of nitrogens with one attached hydrogen (secondary N) is 2. The highest BCUT2D eigenvalue weighted by Gasteiger charge is 2.08. The van der Waals surface area contributed by atoms with Gasteiger partial charge in [0.25, 0.3) is 5.91 Å². The highest BCUT2D eigenvalue weighted by atomic mass is 16.5. The molecule has 0 spiro atoms. The molecule has 3 aromatic rings. The molecule has 6 heteroatoms. The number of aromatic nitrogens is 1. The number of ketones is 1. The van der Waals surface area contributed by atoms with Crippen LogP contribution in [0.25, 0.3) is 0 Å². The second-order valence-electron chi connectivity index (χ2n) is 5.90. The van der Waals surface area contributed by atoms with Gasteiger partial charge in [0.15, 0.2) is 5.78 Å². The molecule has 27 heavy (non-hydrogen) atoms. The van der Waals surface area contributed by atoms with E-state index in [1.165, 1.54) is 13.1 Å². The van der Waals surface area contributed by atoms with Crippen LogP contribution in [0.3, 0.4) is 0 Å². The van der Waals surface area contributed by atoms with Crippen LogP contribution in [0.5, 0.6) is 5.75 Å². The molecule has 0 unspecified atom stereocenters. The Bertz CT molecular complexity index is 951. The second kappa shape index (κ2) is 8.14. The number of hydrogen-bond donors (Lipinski definition) is 2. The SMILES string of the molecule is COc1ccc(NC(=O)c2cncc(Nc3ccc(C(C)=O)cc3)c2)cc1. The number of Topliss-reactive ketones (excluding diaryl/α,β-unsaturated/α-hetero) is 1. The number of amides is 1. The van der Waals surface area contributed by atoms with Crippen molar-refractivity contribution in [2.75, 3.05) is 17.7 Å². The van der Waals surface area contributed by atoms with Crippen molar-refractivity contribution in [1.82, 2.24) is 4.98 Å². The highest BCUT2D eigenvalue weighted by Crippen LogP contribution is 2.19. The molecule has 0 radical (unpaired) electrons. The summed E-state index contributed by atoms with van der Waals surface area (Å²) < 4.78 is 5.10. The topological polar surface area (TPSA) is 80.3 Å². The Labute approximate surface area is 157 Å². The van der Waals surface area contributed by atoms with Crippen LogP contribution in [0.2, 0.25) is 0 Å². The standard InChI is InChI=1S/C21H19N3O3/c1-14(25)15-3-5-17(6-4-15)23-19-11-16(12-22-13-19)21(26)24-18-7-9-20(27-2)10-8-18/h3-13,23H,1-2H3,(H,24,26). The highest BCUT2D eigenvalue weighted by molar-refractivity contribution is 6.04. The van der Waals surface area contributed by atoms with Gasteiger partial charge in [0.05, 0.1) is 24.6 Å². The molecular weight excluding hydrogens is 342 g/mol. The molecule has 3 rings (SSSR count). The van der Waals surface area contributed by atoms with Crippen molar-refractivity contribution in [3.63, 3.8) is 0 Å². The van der Waals surface area contributed by atoms with E-state index in [4.69, 9.17) is 4.74 Å². The number of anilines is 3. The van der Waals surface area contributed by atoms with E-state index in [1.807, 2.05) is 0 Å². The minimum Gasteiger partial charge on any atom is -0.497 e. The number of carbonyl (C=O) groups is 2. The Morgan fingerprint density at radius 1 is 0.852 bits per heavy atom. The number of rotatable bonds is 6. The van der Waals surface area contributed by atoms with E-state index in [2.05, 4.69) is 15.6 Å². The predicted octanol–water partition coefficient (Wildman–Crippen LogP) is 4.29. The van der Waals surface area contributed by atoms with E-state index in [1.54, 1.807) is 67.9 Å².